The molecule has 1 saturated carbocycles. The number of thiazole rings is 1. The second kappa shape index (κ2) is 4.72. The fraction of sp³-hybridized carbons (Fsp3) is 0.750. The van der Waals surface area contributed by atoms with Gasteiger partial charge < -0.3 is 10.0 Å². The predicted molar refractivity (Wildman–Crippen MR) is 68.2 cm³/mol. The van der Waals surface area contributed by atoms with E-state index < -0.39 is 0 Å². The Balaban J connectivity index is 2.21. The molecule has 1 aromatic heterocycles. The van der Waals surface area contributed by atoms with E-state index in [0.717, 1.165) is 22.1 Å². The standard InChI is InChI=1S/C12H20N2OS/c1-4-8(2)14(3)12-13-11(9-5-6-9)10(7-15)16-12/h8-9,15H,4-7H2,1-3H3. The lowest BCUT2D eigenvalue weighted by molar-refractivity contribution is 0.284. The van der Waals surface area contributed by atoms with Gasteiger partial charge in [-0.2, -0.15) is 0 Å². The normalized spacial score (nSPS) is 17.5. The van der Waals surface area contributed by atoms with Crippen molar-refractivity contribution < 1.29 is 5.11 Å². The van der Waals surface area contributed by atoms with Crippen LogP contribution in [0.25, 0.3) is 0 Å². The van der Waals surface area contributed by atoms with Crippen LogP contribution in [-0.4, -0.2) is 23.2 Å². The number of aromatic nitrogens is 1. The molecule has 0 bridgehead atoms. The van der Waals surface area contributed by atoms with Gasteiger partial charge in [0.25, 0.3) is 0 Å². The third kappa shape index (κ3) is 2.23. The van der Waals surface area contributed by atoms with Crippen molar-refractivity contribution in [2.75, 3.05) is 11.9 Å². The summed E-state index contributed by atoms with van der Waals surface area (Å²) in [7, 11) is 2.09. The predicted octanol–water partition coefficient (Wildman–Crippen LogP) is 2.75. The Morgan fingerprint density at radius 2 is 2.25 bits per heavy atom. The van der Waals surface area contributed by atoms with E-state index in [-0.39, 0.29) is 6.61 Å². The number of rotatable bonds is 5. The molecule has 0 saturated heterocycles. The lowest BCUT2D eigenvalue weighted by atomic mass is 10.2. The number of anilines is 1. The van der Waals surface area contributed by atoms with Crippen LogP contribution in [0.5, 0.6) is 0 Å². The Labute approximate surface area is 101 Å². The van der Waals surface area contributed by atoms with E-state index in [9.17, 15) is 5.11 Å². The van der Waals surface area contributed by atoms with Crippen LogP contribution in [0, 0.1) is 0 Å². The molecule has 1 heterocycles. The molecule has 0 aromatic carbocycles. The van der Waals surface area contributed by atoms with Crippen molar-refractivity contribution in [2.45, 2.75) is 51.7 Å². The van der Waals surface area contributed by atoms with E-state index in [4.69, 9.17) is 4.98 Å². The average molecular weight is 240 g/mol. The zero-order valence-electron chi connectivity index (χ0n) is 10.2. The lowest BCUT2D eigenvalue weighted by Gasteiger charge is -2.22. The maximum atomic E-state index is 9.34. The largest absolute Gasteiger partial charge is 0.391 e. The van der Waals surface area contributed by atoms with Crippen LogP contribution < -0.4 is 4.90 Å². The van der Waals surface area contributed by atoms with E-state index in [2.05, 4.69) is 25.8 Å². The Morgan fingerprint density at radius 1 is 1.56 bits per heavy atom. The van der Waals surface area contributed by atoms with Gasteiger partial charge in [0.15, 0.2) is 5.13 Å². The van der Waals surface area contributed by atoms with Crippen molar-refractivity contribution in [2.24, 2.45) is 0 Å². The van der Waals surface area contributed by atoms with Crippen LogP contribution in [0.4, 0.5) is 5.13 Å². The third-order valence-corrected chi connectivity index (χ3v) is 4.52. The first-order chi connectivity index (χ1) is 7.67. The molecule has 1 atom stereocenters. The summed E-state index contributed by atoms with van der Waals surface area (Å²) in [6.45, 7) is 4.53. The molecule has 1 fully saturated rings. The zero-order valence-corrected chi connectivity index (χ0v) is 11.0. The van der Waals surface area contributed by atoms with E-state index in [1.807, 2.05) is 0 Å². The van der Waals surface area contributed by atoms with Crippen LogP contribution in [0.1, 0.15) is 49.6 Å². The Morgan fingerprint density at radius 3 is 2.75 bits per heavy atom. The van der Waals surface area contributed by atoms with Crippen LogP contribution in [0.3, 0.4) is 0 Å². The summed E-state index contributed by atoms with van der Waals surface area (Å²) in [6, 6.07) is 0.504. The van der Waals surface area contributed by atoms with E-state index in [0.29, 0.717) is 12.0 Å². The third-order valence-electron chi connectivity index (χ3n) is 3.38. The van der Waals surface area contributed by atoms with Gasteiger partial charge in [0.1, 0.15) is 0 Å². The summed E-state index contributed by atoms with van der Waals surface area (Å²) in [6.07, 6.45) is 3.59. The number of hydrogen-bond acceptors (Lipinski definition) is 4. The van der Waals surface area contributed by atoms with Gasteiger partial charge in [-0.1, -0.05) is 18.3 Å². The molecule has 1 aliphatic rings. The second-order valence-corrected chi connectivity index (χ2v) is 5.67. The lowest BCUT2D eigenvalue weighted by Crippen LogP contribution is -2.27. The Bertz CT molecular complexity index is 360. The second-order valence-electron chi connectivity index (χ2n) is 4.61. The molecular weight excluding hydrogens is 220 g/mol. The summed E-state index contributed by atoms with van der Waals surface area (Å²) in [5.74, 6) is 0.623. The summed E-state index contributed by atoms with van der Waals surface area (Å²) >= 11 is 1.64. The van der Waals surface area contributed by atoms with Gasteiger partial charge >= 0.3 is 0 Å². The topological polar surface area (TPSA) is 36.4 Å². The fourth-order valence-corrected chi connectivity index (χ4v) is 2.82. The van der Waals surface area contributed by atoms with Gasteiger partial charge in [0, 0.05) is 19.0 Å². The molecule has 0 spiro atoms. The number of aliphatic hydroxyl groups is 1. The molecule has 0 amide bonds. The molecule has 0 aliphatic heterocycles. The van der Waals surface area contributed by atoms with Crippen LogP contribution in [0.15, 0.2) is 0 Å². The van der Waals surface area contributed by atoms with Gasteiger partial charge in [-0.05, 0) is 26.2 Å². The molecule has 16 heavy (non-hydrogen) atoms. The molecule has 0 radical (unpaired) electrons. The summed E-state index contributed by atoms with van der Waals surface area (Å²) in [4.78, 5) is 7.98. The molecule has 1 N–H and O–H groups in total. The quantitative estimate of drug-likeness (QED) is 0.859. The molecule has 90 valence electrons. The highest BCUT2D eigenvalue weighted by Crippen LogP contribution is 2.44. The first-order valence-electron chi connectivity index (χ1n) is 6.00. The fourth-order valence-electron chi connectivity index (χ4n) is 1.75. The Hall–Kier alpha value is -0.610. The van der Waals surface area contributed by atoms with Crippen molar-refractivity contribution in [3.05, 3.63) is 10.6 Å². The van der Waals surface area contributed by atoms with E-state index in [1.54, 1.807) is 11.3 Å². The molecule has 2 rings (SSSR count). The SMILES string of the molecule is CCC(C)N(C)c1nc(C2CC2)c(CO)s1. The summed E-state index contributed by atoms with van der Waals surface area (Å²) < 4.78 is 0. The van der Waals surface area contributed by atoms with Crippen molar-refractivity contribution in [3.8, 4) is 0 Å². The monoisotopic (exact) mass is 240 g/mol. The Kier molecular flexibility index (Phi) is 3.50. The summed E-state index contributed by atoms with van der Waals surface area (Å²) in [5.41, 5.74) is 1.15. The van der Waals surface area contributed by atoms with Crippen molar-refractivity contribution >= 4 is 16.5 Å². The molecule has 1 aliphatic carbocycles. The number of nitrogens with zero attached hydrogens (tertiary/aromatic N) is 2. The minimum absolute atomic E-state index is 0.137. The van der Waals surface area contributed by atoms with Gasteiger partial charge in [-0.25, -0.2) is 4.98 Å². The maximum Gasteiger partial charge on any atom is 0.185 e. The maximum absolute atomic E-state index is 9.34. The van der Waals surface area contributed by atoms with Gasteiger partial charge in [0.2, 0.25) is 0 Å². The smallest absolute Gasteiger partial charge is 0.185 e. The highest BCUT2D eigenvalue weighted by molar-refractivity contribution is 7.15. The first kappa shape index (κ1) is 11.9. The average Bonchev–Trinajstić information content (AvgIpc) is 3.06. The van der Waals surface area contributed by atoms with Crippen molar-refractivity contribution in [1.82, 2.24) is 4.98 Å². The summed E-state index contributed by atoms with van der Waals surface area (Å²) in [5, 5.41) is 10.4. The highest BCUT2D eigenvalue weighted by Gasteiger charge is 2.30. The van der Waals surface area contributed by atoms with Crippen LogP contribution in [-0.2, 0) is 6.61 Å². The van der Waals surface area contributed by atoms with Gasteiger partial charge in [-0.15, -0.1) is 0 Å². The molecule has 4 heteroatoms. The van der Waals surface area contributed by atoms with E-state index >= 15 is 0 Å². The zero-order chi connectivity index (χ0) is 11.7. The van der Waals surface area contributed by atoms with E-state index in [1.165, 1.54) is 12.8 Å². The molecular formula is C12H20N2OS. The van der Waals surface area contributed by atoms with Gasteiger partial charge in [-0.3, -0.25) is 0 Å². The number of hydrogen-bond donors (Lipinski definition) is 1. The number of aliphatic hydroxyl groups excluding tert-OH is 1. The van der Waals surface area contributed by atoms with Crippen molar-refractivity contribution in [3.63, 3.8) is 0 Å². The van der Waals surface area contributed by atoms with Crippen molar-refractivity contribution in [1.29, 1.82) is 0 Å². The van der Waals surface area contributed by atoms with Gasteiger partial charge in [0.05, 0.1) is 17.2 Å². The molecule has 3 nitrogen and oxygen atoms in total. The molecule has 1 unspecified atom stereocenters. The minimum Gasteiger partial charge on any atom is -0.391 e. The van der Waals surface area contributed by atoms with Crippen LogP contribution in [0.2, 0.25) is 0 Å². The highest BCUT2D eigenvalue weighted by atomic mass is 32.1. The first-order valence-corrected chi connectivity index (χ1v) is 6.82. The van der Waals surface area contributed by atoms with Crippen LogP contribution >= 0.6 is 11.3 Å². The molecule has 1 aromatic rings. The minimum atomic E-state index is 0.137.